The average molecular weight is 496 g/mol. The van der Waals surface area contributed by atoms with Gasteiger partial charge in [-0.05, 0) is 32.1 Å². The van der Waals surface area contributed by atoms with Gasteiger partial charge in [-0.3, -0.25) is 9.59 Å². The molecule has 1 unspecified atom stereocenters. The Balaban J connectivity index is 0.000000225. The summed E-state index contributed by atoms with van der Waals surface area (Å²) in [6.45, 7) is 1.56. The Hall–Kier alpha value is -3.44. The molecule has 3 aliphatic rings. The Morgan fingerprint density at radius 2 is 1.91 bits per heavy atom. The lowest BCUT2D eigenvalue weighted by Gasteiger charge is -2.28. The molecule has 0 saturated heterocycles. The fourth-order valence-electron chi connectivity index (χ4n) is 4.13. The number of fused-ring (bicyclic) bond motifs is 1. The smallest absolute Gasteiger partial charge is 0.406 e. The monoisotopic (exact) mass is 496 g/mol. The maximum atomic E-state index is 12.6. The van der Waals surface area contributed by atoms with Gasteiger partial charge in [-0.1, -0.05) is 18.2 Å². The highest BCUT2D eigenvalue weighted by atomic mass is 19.4. The lowest BCUT2D eigenvalue weighted by molar-refractivity contribution is -0.145. The first-order chi connectivity index (χ1) is 16.4. The van der Waals surface area contributed by atoms with Crippen molar-refractivity contribution in [3.63, 3.8) is 0 Å². The minimum absolute atomic E-state index is 0.0359. The van der Waals surface area contributed by atoms with E-state index in [9.17, 15) is 27.6 Å². The summed E-state index contributed by atoms with van der Waals surface area (Å²) in [6.07, 6.45) is 5.94. The van der Waals surface area contributed by atoms with E-state index in [1.807, 2.05) is 4.90 Å². The second-order valence-corrected chi connectivity index (χ2v) is 9.13. The molecule has 12 heteroatoms. The minimum atomic E-state index is -4.28. The van der Waals surface area contributed by atoms with Crippen LogP contribution in [0.25, 0.3) is 6.20 Å². The van der Waals surface area contributed by atoms with Crippen molar-refractivity contribution >= 4 is 23.9 Å². The Labute approximate surface area is 199 Å². The number of hydrogen-bond acceptors (Lipinski definition) is 6. The molecule has 1 atom stereocenters. The molecule has 9 nitrogen and oxygen atoms in total. The van der Waals surface area contributed by atoms with E-state index in [-0.39, 0.29) is 12.0 Å². The molecule has 2 heterocycles. The zero-order valence-electron chi connectivity index (χ0n) is 19.2. The van der Waals surface area contributed by atoms with Crippen LogP contribution < -0.4 is 10.8 Å². The first-order valence-electron chi connectivity index (χ1n) is 11.1. The Morgan fingerprint density at radius 3 is 2.51 bits per heavy atom. The highest BCUT2D eigenvalue weighted by Crippen LogP contribution is 2.31. The predicted molar refractivity (Wildman–Crippen MR) is 117 cm³/mol. The van der Waals surface area contributed by atoms with Crippen molar-refractivity contribution in [3.05, 3.63) is 41.0 Å². The standard InChI is InChI=1S/C14H17F3N4O.C9H10O4/c15-14(16,17)7-21-9-19-13-12(21)6-20(8-18-13)5-10-1-3-11(22)4-2-10;1-9(8(12)13)4-2-3-6(5-9)7(10)11/h6,9-10H,1-5,7-8H2;2-4H,5H2,1H3,(H,10,11)(H,12,13). The molecule has 1 saturated carbocycles. The number of hydrogen-bond donors (Lipinski definition) is 2. The second-order valence-electron chi connectivity index (χ2n) is 9.13. The number of alkyl halides is 3. The Kier molecular flexibility index (Phi) is 7.81. The minimum Gasteiger partial charge on any atom is -0.481 e. The topological polar surface area (TPSA) is 125 Å². The number of carboxylic acids is 2. The molecule has 1 aromatic rings. The highest BCUT2D eigenvalue weighted by molar-refractivity contribution is 5.90. The van der Waals surface area contributed by atoms with Crippen molar-refractivity contribution in [3.8, 4) is 0 Å². The number of carboxylic acid groups (broad SMARTS) is 2. The molecule has 0 aromatic carbocycles. The van der Waals surface area contributed by atoms with Crippen LogP contribution in [-0.2, 0) is 20.9 Å². The van der Waals surface area contributed by atoms with Gasteiger partial charge in [-0.25, -0.2) is 14.8 Å². The average Bonchev–Trinajstić information content (AvgIpc) is 3.16. The van der Waals surface area contributed by atoms with Crippen LogP contribution in [-0.4, -0.2) is 61.8 Å². The zero-order valence-corrected chi connectivity index (χ0v) is 19.2. The van der Waals surface area contributed by atoms with E-state index < -0.39 is 30.1 Å². The van der Waals surface area contributed by atoms with Crippen LogP contribution in [0.5, 0.6) is 0 Å². The summed E-state index contributed by atoms with van der Waals surface area (Å²) in [6, 6.07) is 0. The maximum Gasteiger partial charge on any atom is 0.406 e. The number of nitrogens with zero attached hydrogens (tertiary/aromatic N) is 4. The quantitative estimate of drug-likeness (QED) is 0.638. The number of imidazole rings is 1. The molecule has 0 amide bonds. The number of Topliss-reactive ketones (excluding diaryl/α,β-unsaturated/α-hetero) is 1. The summed E-state index contributed by atoms with van der Waals surface area (Å²) < 4.78 is 38.7. The summed E-state index contributed by atoms with van der Waals surface area (Å²) in [7, 11) is 0. The van der Waals surface area contributed by atoms with Gasteiger partial charge in [-0.15, -0.1) is 0 Å². The van der Waals surface area contributed by atoms with Crippen molar-refractivity contribution in [1.82, 2.24) is 14.5 Å². The van der Waals surface area contributed by atoms with E-state index in [1.165, 1.54) is 31.5 Å². The number of carbonyl (C=O) groups is 3. The lowest BCUT2D eigenvalue weighted by atomic mass is 9.80. The van der Waals surface area contributed by atoms with Crippen molar-refractivity contribution in [2.45, 2.75) is 51.7 Å². The third-order valence-electron chi connectivity index (χ3n) is 6.15. The van der Waals surface area contributed by atoms with Crippen LogP contribution in [0.2, 0.25) is 0 Å². The van der Waals surface area contributed by atoms with Crippen molar-refractivity contribution in [2.24, 2.45) is 16.3 Å². The van der Waals surface area contributed by atoms with Crippen molar-refractivity contribution < 1.29 is 37.8 Å². The molecule has 0 spiro atoms. The number of halogens is 3. The van der Waals surface area contributed by atoms with E-state index in [0.717, 1.165) is 17.4 Å². The van der Waals surface area contributed by atoms with Crippen molar-refractivity contribution in [1.29, 1.82) is 0 Å². The van der Waals surface area contributed by atoms with Gasteiger partial charge in [0.1, 0.15) is 24.3 Å². The molecular weight excluding hydrogens is 469 g/mol. The van der Waals surface area contributed by atoms with Crippen LogP contribution in [0, 0.1) is 11.3 Å². The number of rotatable bonds is 5. The SMILES string of the molecule is CC1(C(=O)O)C=CC=C(C(=O)O)C1.O=C1CCC(CN2C=c3c(ncn3CC(F)(F)F)=NC2)CC1. The molecule has 1 fully saturated rings. The van der Waals surface area contributed by atoms with Crippen LogP contribution in [0.1, 0.15) is 39.0 Å². The summed E-state index contributed by atoms with van der Waals surface area (Å²) in [5, 5.41) is 17.9. The van der Waals surface area contributed by atoms with E-state index >= 15 is 0 Å². The molecule has 0 bridgehead atoms. The van der Waals surface area contributed by atoms with Gasteiger partial charge < -0.3 is 19.7 Å². The van der Waals surface area contributed by atoms with Gasteiger partial charge in [0.15, 0.2) is 5.49 Å². The molecule has 2 N–H and O–H groups in total. The molecule has 0 radical (unpaired) electrons. The number of carbonyl (C=O) groups excluding carboxylic acids is 1. The summed E-state index contributed by atoms with van der Waals surface area (Å²) in [4.78, 5) is 42.7. The van der Waals surface area contributed by atoms with Gasteiger partial charge in [0, 0.05) is 31.2 Å². The molecule has 1 aliphatic heterocycles. The van der Waals surface area contributed by atoms with Gasteiger partial charge >= 0.3 is 18.1 Å². The summed E-state index contributed by atoms with van der Waals surface area (Å²) in [5.41, 5.74) is -0.589. The predicted octanol–water partition coefficient (Wildman–Crippen LogP) is 1.88. The first kappa shape index (κ1) is 26.2. The summed E-state index contributed by atoms with van der Waals surface area (Å²) >= 11 is 0. The first-order valence-corrected chi connectivity index (χ1v) is 11.1. The van der Waals surface area contributed by atoms with Crippen LogP contribution in [0.3, 0.4) is 0 Å². The van der Waals surface area contributed by atoms with E-state index in [4.69, 9.17) is 10.2 Å². The number of aromatic nitrogens is 2. The highest BCUT2D eigenvalue weighted by Gasteiger charge is 2.34. The molecule has 2 aliphatic carbocycles. The van der Waals surface area contributed by atoms with Crippen LogP contribution in [0.4, 0.5) is 13.2 Å². The van der Waals surface area contributed by atoms with Gasteiger partial charge in [-0.2, -0.15) is 13.2 Å². The number of ketones is 1. The molecule has 190 valence electrons. The normalized spacial score (nSPS) is 22.2. The molecule has 35 heavy (non-hydrogen) atoms. The summed E-state index contributed by atoms with van der Waals surface area (Å²) in [5.74, 6) is -1.37. The van der Waals surface area contributed by atoms with Crippen LogP contribution in [0.15, 0.2) is 35.1 Å². The van der Waals surface area contributed by atoms with E-state index in [2.05, 4.69) is 9.98 Å². The maximum absolute atomic E-state index is 12.6. The second kappa shape index (κ2) is 10.4. The van der Waals surface area contributed by atoms with E-state index in [0.29, 0.717) is 48.6 Å². The Bertz CT molecular complexity index is 1160. The lowest BCUT2D eigenvalue weighted by Crippen LogP contribution is -2.42. The number of aliphatic carboxylic acids is 2. The van der Waals surface area contributed by atoms with Gasteiger partial charge in [0.2, 0.25) is 0 Å². The third kappa shape index (κ3) is 7.03. The van der Waals surface area contributed by atoms with Crippen LogP contribution >= 0.6 is 0 Å². The Morgan fingerprint density at radius 1 is 1.23 bits per heavy atom. The largest absolute Gasteiger partial charge is 0.481 e. The molecule has 4 rings (SSSR count). The molecule has 1 aromatic heterocycles. The van der Waals surface area contributed by atoms with Gasteiger partial charge in [0.05, 0.1) is 11.7 Å². The van der Waals surface area contributed by atoms with Gasteiger partial charge in [0.25, 0.3) is 0 Å². The fourth-order valence-corrected chi connectivity index (χ4v) is 4.13. The number of allylic oxidation sites excluding steroid dienone is 2. The third-order valence-corrected chi connectivity index (χ3v) is 6.15. The van der Waals surface area contributed by atoms with Crippen molar-refractivity contribution in [2.75, 3.05) is 13.2 Å². The fraction of sp³-hybridized carbons (Fsp3) is 0.522. The zero-order chi connectivity index (χ0) is 25.8. The molecular formula is C23H27F3N4O5. The van der Waals surface area contributed by atoms with E-state index in [1.54, 1.807) is 6.20 Å².